The molecule has 2 aromatic carbocycles. The van der Waals surface area contributed by atoms with Crippen molar-refractivity contribution < 1.29 is 23.5 Å². The largest absolute Gasteiger partial charge is 0.478 e. The minimum atomic E-state index is -0.970. The maximum Gasteiger partial charge on any atom is 0.341 e. The van der Waals surface area contributed by atoms with Crippen molar-refractivity contribution in [2.75, 3.05) is 11.9 Å². The molecule has 0 fully saturated rings. The fraction of sp³-hybridized carbons (Fsp3) is 0.217. The lowest BCUT2D eigenvalue weighted by molar-refractivity contribution is -0.122. The Labute approximate surface area is 178 Å². The van der Waals surface area contributed by atoms with E-state index in [4.69, 9.17) is 9.47 Å². The Morgan fingerprint density at radius 1 is 1.13 bits per heavy atom. The minimum Gasteiger partial charge on any atom is -0.478 e. The lowest BCUT2D eigenvalue weighted by atomic mass is 10.0. The highest BCUT2D eigenvalue weighted by Gasteiger charge is 2.25. The number of esters is 1. The number of ether oxygens (including phenoxy) is 2. The van der Waals surface area contributed by atoms with Gasteiger partial charge in [0, 0.05) is 10.9 Å². The molecule has 1 amide bonds. The Morgan fingerprint density at radius 2 is 1.83 bits per heavy atom. The summed E-state index contributed by atoms with van der Waals surface area (Å²) in [5, 5.41) is 4.88. The van der Waals surface area contributed by atoms with Crippen LogP contribution in [0, 0.1) is 12.7 Å². The van der Waals surface area contributed by atoms with Crippen molar-refractivity contribution in [1.82, 2.24) is 0 Å². The Balaban J connectivity index is 1.86. The molecule has 1 atom stereocenters. The second kappa shape index (κ2) is 9.54. The molecule has 0 aliphatic rings. The Bertz CT molecular complexity index is 1050. The lowest BCUT2D eigenvalue weighted by Crippen LogP contribution is -2.30. The highest BCUT2D eigenvalue weighted by atomic mass is 32.1. The van der Waals surface area contributed by atoms with Crippen molar-refractivity contribution in [3.05, 3.63) is 70.9 Å². The standard InChI is InChI=1S/C23H22FNO4S/c1-4-28-23(27)20-17(16-11-9-14(2)10-12-16)13-30-22(20)25-21(26)15(3)29-19-8-6-5-7-18(19)24/h5-13,15H,4H2,1-3H3,(H,25,26). The molecule has 156 valence electrons. The molecule has 1 N–H and O–H groups in total. The van der Waals surface area contributed by atoms with Crippen LogP contribution in [0.25, 0.3) is 11.1 Å². The van der Waals surface area contributed by atoms with E-state index in [-0.39, 0.29) is 17.9 Å². The van der Waals surface area contributed by atoms with E-state index in [9.17, 15) is 14.0 Å². The van der Waals surface area contributed by atoms with Crippen molar-refractivity contribution in [1.29, 1.82) is 0 Å². The quantitative estimate of drug-likeness (QED) is 0.510. The predicted molar refractivity (Wildman–Crippen MR) is 116 cm³/mol. The summed E-state index contributed by atoms with van der Waals surface area (Å²) in [5.74, 6) is -1.59. The second-order valence-corrected chi connectivity index (χ2v) is 7.50. The average Bonchev–Trinajstić information content (AvgIpc) is 3.14. The van der Waals surface area contributed by atoms with Gasteiger partial charge in [-0.25, -0.2) is 9.18 Å². The number of carbonyl (C=O) groups excluding carboxylic acids is 2. The first kappa shape index (κ1) is 21.5. The van der Waals surface area contributed by atoms with E-state index in [1.54, 1.807) is 18.4 Å². The van der Waals surface area contributed by atoms with E-state index in [2.05, 4.69) is 5.32 Å². The van der Waals surface area contributed by atoms with Crippen LogP contribution in [0.1, 0.15) is 29.8 Å². The van der Waals surface area contributed by atoms with E-state index < -0.39 is 23.8 Å². The van der Waals surface area contributed by atoms with Gasteiger partial charge in [0.1, 0.15) is 10.6 Å². The van der Waals surface area contributed by atoms with Gasteiger partial charge in [0.05, 0.1) is 6.61 Å². The van der Waals surface area contributed by atoms with E-state index >= 15 is 0 Å². The Morgan fingerprint density at radius 3 is 2.50 bits per heavy atom. The zero-order valence-electron chi connectivity index (χ0n) is 16.9. The maximum atomic E-state index is 13.8. The first-order valence-electron chi connectivity index (χ1n) is 9.48. The number of anilines is 1. The molecule has 0 aliphatic heterocycles. The normalized spacial score (nSPS) is 11.6. The van der Waals surface area contributed by atoms with Crippen LogP contribution < -0.4 is 10.1 Å². The van der Waals surface area contributed by atoms with Crippen molar-refractivity contribution in [2.45, 2.75) is 26.9 Å². The fourth-order valence-corrected chi connectivity index (χ4v) is 3.76. The van der Waals surface area contributed by atoms with Gasteiger partial charge < -0.3 is 14.8 Å². The van der Waals surface area contributed by atoms with Gasteiger partial charge in [-0.3, -0.25) is 4.79 Å². The Kier molecular flexibility index (Phi) is 6.84. The van der Waals surface area contributed by atoms with Crippen LogP contribution in [-0.2, 0) is 9.53 Å². The molecule has 30 heavy (non-hydrogen) atoms. The number of thiophene rings is 1. The summed E-state index contributed by atoms with van der Waals surface area (Å²) in [6, 6.07) is 13.6. The van der Waals surface area contributed by atoms with Crippen molar-refractivity contribution >= 4 is 28.2 Å². The number of aryl methyl sites for hydroxylation is 1. The van der Waals surface area contributed by atoms with E-state index in [1.807, 2.05) is 31.2 Å². The van der Waals surface area contributed by atoms with Crippen molar-refractivity contribution in [3.8, 4) is 16.9 Å². The number of benzene rings is 2. The van der Waals surface area contributed by atoms with E-state index in [1.165, 1.54) is 36.5 Å². The molecule has 0 saturated carbocycles. The first-order valence-corrected chi connectivity index (χ1v) is 10.4. The summed E-state index contributed by atoms with van der Waals surface area (Å²) in [7, 11) is 0. The number of hydrogen-bond donors (Lipinski definition) is 1. The van der Waals surface area contributed by atoms with Crippen molar-refractivity contribution in [2.24, 2.45) is 0 Å². The molecule has 0 aliphatic carbocycles. The van der Waals surface area contributed by atoms with Gasteiger partial charge in [-0.2, -0.15) is 0 Å². The molecule has 5 nitrogen and oxygen atoms in total. The molecular weight excluding hydrogens is 405 g/mol. The van der Waals surface area contributed by atoms with Crippen molar-refractivity contribution in [3.63, 3.8) is 0 Å². The third-order valence-electron chi connectivity index (χ3n) is 4.38. The number of carbonyl (C=O) groups is 2. The SMILES string of the molecule is CCOC(=O)c1c(-c2ccc(C)cc2)csc1NC(=O)C(C)Oc1ccccc1F. The number of nitrogens with one attached hydrogen (secondary N) is 1. The van der Waals surface area contributed by atoms with Crippen LogP contribution in [0.15, 0.2) is 53.9 Å². The third-order valence-corrected chi connectivity index (χ3v) is 5.27. The molecular formula is C23H22FNO4S. The summed E-state index contributed by atoms with van der Waals surface area (Å²) in [4.78, 5) is 25.3. The molecule has 7 heteroatoms. The molecule has 1 heterocycles. The van der Waals surface area contributed by atoms with Gasteiger partial charge in [-0.15, -0.1) is 11.3 Å². The van der Waals surface area contributed by atoms with Crippen LogP contribution in [0.5, 0.6) is 5.75 Å². The zero-order valence-corrected chi connectivity index (χ0v) is 17.7. The smallest absolute Gasteiger partial charge is 0.341 e. The topological polar surface area (TPSA) is 64.6 Å². The number of hydrogen-bond acceptors (Lipinski definition) is 5. The molecule has 3 rings (SSSR count). The van der Waals surface area contributed by atoms with Gasteiger partial charge in [0.15, 0.2) is 17.7 Å². The van der Waals surface area contributed by atoms with Gasteiger partial charge in [0.25, 0.3) is 5.91 Å². The monoisotopic (exact) mass is 427 g/mol. The minimum absolute atomic E-state index is 0.0164. The van der Waals surface area contributed by atoms with Crippen LogP contribution in [0.3, 0.4) is 0 Å². The van der Waals surface area contributed by atoms with Crippen LogP contribution in [0.2, 0.25) is 0 Å². The highest BCUT2D eigenvalue weighted by Crippen LogP contribution is 2.36. The summed E-state index contributed by atoms with van der Waals surface area (Å²) in [6.07, 6.45) is -0.970. The lowest BCUT2D eigenvalue weighted by Gasteiger charge is -2.15. The summed E-state index contributed by atoms with van der Waals surface area (Å²) >= 11 is 1.22. The second-order valence-electron chi connectivity index (χ2n) is 6.62. The van der Waals surface area contributed by atoms with E-state index in [0.717, 1.165) is 11.1 Å². The first-order chi connectivity index (χ1) is 14.4. The van der Waals surface area contributed by atoms with Crippen LogP contribution >= 0.6 is 11.3 Å². The third kappa shape index (κ3) is 4.86. The van der Waals surface area contributed by atoms with E-state index in [0.29, 0.717) is 10.6 Å². The average molecular weight is 427 g/mol. The van der Waals surface area contributed by atoms with Gasteiger partial charge >= 0.3 is 5.97 Å². The molecule has 1 aromatic heterocycles. The summed E-state index contributed by atoms with van der Waals surface area (Å²) in [5.41, 5.74) is 2.91. The Hall–Kier alpha value is -3.19. The zero-order chi connectivity index (χ0) is 21.7. The molecule has 0 saturated heterocycles. The highest BCUT2D eigenvalue weighted by molar-refractivity contribution is 7.15. The van der Waals surface area contributed by atoms with Crippen LogP contribution in [-0.4, -0.2) is 24.6 Å². The van der Waals surface area contributed by atoms with Gasteiger partial charge in [-0.05, 0) is 38.5 Å². The number of para-hydroxylation sites is 1. The predicted octanol–water partition coefficient (Wildman–Crippen LogP) is 5.45. The molecule has 0 bridgehead atoms. The molecule has 0 spiro atoms. The molecule has 0 radical (unpaired) electrons. The van der Waals surface area contributed by atoms with Crippen LogP contribution in [0.4, 0.5) is 9.39 Å². The summed E-state index contributed by atoms with van der Waals surface area (Å²) in [6.45, 7) is 5.42. The number of rotatable bonds is 7. The van der Waals surface area contributed by atoms with Gasteiger partial charge in [-0.1, -0.05) is 42.0 Å². The molecule has 1 unspecified atom stereocenters. The fourth-order valence-electron chi connectivity index (χ4n) is 2.80. The number of halogens is 1. The number of amides is 1. The van der Waals surface area contributed by atoms with Gasteiger partial charge in [0.2, 0.25) is 0 Å². The summed E-state index contributed by atoms with van der Waals surface area (Å²) < 4.78 is 24.4. The maximum absolute atomic E-state index is 13.8. The molecule has 3 aromatic rings.